The van der Waals surface area contributed by atoms with Crippen molar-refractivity contribution in [3.8, 4) is 0 Å². The van der Waals surface area contributed by atoms with E-state index in [0.29, 0.717) is 12.1 Å². The molecule has 0 aliphatic heterocycles. The summed E-state index contributed by atoms with van der Waals surface area (Å²) in [6, 6.07) is 10.7. The van der Waals surface area contributed by atoms with Crippen molar-refractivity contribution in [1.29, 1.82) is 0 Å². The first-order valence-corrected chi connectivity index (χ1v) is 12.2. The number of hydrogen-bond acceptors (Lipinski definition) is 4. The van der Waals surface area contributed by atoms with Crippen molar-refractivity contribution in [3.63, 3.8) is 0 Å². The van der Waals surface area contributed by atoms with Crippen molar-refractivity contribution in [1.82, 2.24) is 4.31 Å². The van der Waals surface area contributed by atoms with Crippen molar-refractivity contribution in [2.45, 2.75) is 62.3 Å². The fraction of sp³-hybridized carbons (Fsp3) is 0.476. The van der Waals surface area contributed by atoms with E-state index in [1.165, 1.54) is 15.6 Å². The van der Waals surface area contributed by atoms with E-state index in [-0.39, 0.29) is 16.8 Å². The van der Waals surface area contributed by atoms with Gasteiger partial charge in [0, 0.05) is 30.1 Å². The zero-order valence-corrected chi connectivity index (χ0v) is 17.9. The SMILES string of the molecule is CN(C1CCCCC1)S(=O)(=O)c1ccc(NC(=O)CCCc2cccs2)cc1. The number of hydrogen-bond donors (Lipinski definition) is 1. The number of amides is 1. The summed E-state index contributed by atoms with van der Waals surface area (Å²) in [6.07, 6.45) is 7.35. The van der Waals surface area contributed by atoms with Gasteiger partial charge in [0.05, 0.1) is 4.90 Å². The second kappa shape index (κ2) is 9.67. The van der Waals surface area contributed by atoms with Crippen LogP contribution in [-0.4, -0.2) is 31.7 Å². The Balaban J connectivity index is 1.54. The molecule has 0 saturated heterocycles. The Hall–Kier alpha value is -1.70. The summed E-state index contributed by atoms with van der Waals surface area (Å²) in [5.41, 5.74) is 0.625. The summed E-state index contributed by atoms with van der Waals surface area (Å²) < 4.78 is 27.2. The van der Waals surface area contributed by atoms with Crippen molar-refractivity contribution in [2.24, 2.45) is 0 Å². The summed E-state index contributed by atoms with van der Waals surface area (Å²) in [5, 5.41) is 4.89. The molecule has 5 nitrogen and oxygen atoms in total. The molecular weight excluding hydrogens is 392 g/mol. The van der Waals surface area contributed by atoms with Gasteiger partial charge in [-0.1, -0.05) is 25.3 Å². The number of anilines is 1. The van der Waals surface area contributed by atoms with E-state index >= 15 is 0 Å². The standard InChI is InChI=1S/C21H28N2O3S2/c1-23(18-7-3-2-4-8-18)28(25,26)20-14-12-17(13-15-20)22-21(24)11-5-9-19-10-6-16-27-19/h6,10,12-16,18H,2-5,7-9,11H2,1H3,(H,22,24). The highest BCUT2D eigenvalue weighted by Crippen LogP contribution is 2.27. The molecule has 0 bridgehead atoms. The first-order chi connectivity index (χ1) is 13.5. The minimum Gasteiger partial charge on any atom is -0.326 e. The molecule has 7 heteroatoms. The Morgan fingerprint density at radius 2 is 1.86 bits per heavy atom. The van der Waals surface area contributed by atoms with E-state index in [0.717, 1.165) is 38.5 Å². The van der Waals surface area contributed by atoms with Crippen LogP contribution in [0.25, 0.3) is 0 Å². The Morgan fingerprint density at radius 1 is 1.14 bits per heavy atom. The van der Waals surface area contributed by atoms with E-state index < -0.39 is 10.0 Å². The van der Waals surface area contributed by atoms with Crippen LogP contribution >= 0.6 is 11.3 Å². The Labute approximate surface area is 171 Å². The van der Waals surface area contributed by atoms with Gasteiger partial charge in [0.15, 0.2) is 0 Å². The fourth-order valence-electron chi connectivity index (χ4n) is 3.62. The molecule has 28 heavy (non-hydrogen) atoms. The molecule has 0 unspecified atom stereocenters. The van der Waals surface area contributed by atoms with Gasteiger partial charge in [-0.15, -0.1) is 11.3 Å². The van der Waals surface area contributed by atoms with Crippen LogP contribution in [0.4, 0.5) is 5.69 Å². The van der Waals surface area contributed by atoms with Crippen molar-refractivity contribution in [3.05, 3.63) is 46.7 Å². The minimum absolute atomic E-state index is 0.0495. The molecule has 2 aromatic rings. The van der Waals surface area contributed by atoms with Crippen LogP contribution in [0.15, 0.2) is 46.7 Å². The summed E-state index contributed by atoms with van der Waals surface area (Å²) in [4.78, 5) is 13.7. The van der Waals surface area contributed by atoms with Crippen LogP contribution in [0.2, 0.25) is 0 Å². The summed E-state index contributed by atoms with van der Waals surface area (Å²) in [6.45, 7) is 0. The first-order valence-electron chi connectivity index (χ1n) is 9.87. The molecular formula is C21H28N2O3S2. The molecule has 1 aliphatic carbocycles. The van der Waals surface area contributed by atoms with Gasteiger partial charge < -0.3 is 5.32 Å². The van der Waals surface area contributed by atoms with Gasteiger partial charge in [-0.3, -0.25) is 4.79 Å². The lowest BCUT2D eigenvalue weighted by molar-refractivity contribution is -0.116. The normalized spacial score (nSPS) is 15.6. The van der Waals surface area contributed by atoms with E-state index in [4.69, 9.17) is 0 Å². The number of nitrogens with one attached hydrogen (secondary N) is 1. The molecule has 0 radical (unpaired) electrons. The highest BCUT2D eigenvalue weighted by Gasteiger charge is 2.28. The zero-order valence-electron chi connectivity index (χ0n) is 16.3. The lowest BCUT2D eigenvalue weighted by atomic mass is 9.96. The Kier molecular flexibility index (Phi) is 7.26. The molecule has 1 N–H and O–H groups in total. The number of rotatable bonds is 8. The van der Waals surface area contributed by atoms with E-state index in [9.17, 15) is 13.2 Å². The molecule has 1 aliphatic rings. The average molecular weight is 421 g/mol. The van der Waals surface area contributed by atoms with Gasteiger partial charge in [-0.05, 0) is 61.4 Å². The van der Waals surface area contributed by atoms with Crippen molar-refractivity contribution in [2.75, 3.05) is 12.4 Å². The third-order valence-electron chi connectivity index (χ3n) is 5.31. The van der Waals surface area contributed by atoms with Crippen molar-refractivity contribution >= 4 is 33.0 Å². The fourth-order valence-corrected chi connectivity index (χ4v) is 5.79. The number of carbonyl (C=O) groups is 1. The molecule has 3 rings (SSSR count). The van der Waals surface area contributed by atoms with Crippen LogP contribution in [0.3, 0.4) is 0 Å². The molecule has 1 aromatic carbocycles. The number of aryl methyl sites for hydroxylation is 1. The van der Waals surface area contributed by atoms with Crippen LogP contribution in [0.5, 0.6) is 0 Å². The second-order valence-electron chi connectivity index (χ2n) is 7.32. The highest BCUT2D eigenvalue weighted by molar-refractivity contribution is 7.89. The van der Waals surface area contributed by atoms with E-state index in [2.05, 4.69) is 11.4 Å². The maximum absolute atomic E-state index is 12.9. The van der Waals surface area contributed by atoms with E-state index in [1.807, 2.05) is 11.4 Å². The largest absolute Gasteiger partial charge is 0.326 e. The monoisotopic (exact) mass is 420 g/mol. The van der Waals surface area contributed by atoms with Gasteiger partial charge in [-0.25, -0.2) is 8.42 Å². The number of benzene rings is 1. The molecule has 1 amide bonds. The molecule has 0 atom stereocenters. The second-order valence-corrected chi connectivity index (χ2v) is 10.3. The maximum Gasteiger partial charge on any atom is 0.243 e. The molecule has 1 saturated carbocycles. The highest BCUT2D eigenvalue weighted by atomic mass is 32.2. The average Bonchev–Trinajstić information content (AvgIpc) is 3.22. The lowest BCUT2D eigenvalue weighted by Gasteiger charge is -2.30. The van der Waals surface area contributed by atoms with Crippen LogP contribution in [0, 0.1) is 0 Å². The molecule has 1 aromatic heterocycles. The number of carbonyl (C=O) groups excluding carboxylic acids is 1. The van der Waals surface area contributed by atoms with Crippen LogP contribution in [0.1, 0.15) is 49.8 Å². The van der Waals surface area contributed by atoms with E-state index in [1.54, 1.807) is 42.6 Å². The third kappa shape index (κ3) is 5.43. The van der Waals surface area contributed by atoms with Gasteiger partial charge in [0.25, 0.3) is 0 Å². The van der Waals surface area contributed by atoms with Gasteiger partial charge >= 0.3 is 0 Å². The molecule has 1 heterocycles. The third-order valence-corrected chi connectivity index (χ3v) is 8.17. The number of sulfonamides is 1. The number of nitrogens with zero attached hydrogens (tertiary/aromatic N) is 1. The number of thiophene rings is 1. The predicted octanol–water partition coefficient (Wildman–Crippen LogP) is 4.66. The predicted molar refractivity (Wildman–Crippen MR) is 114 cm³/mol. The Bertz CT molecular complexity index is 856. The maximum atomic E-state index is 12.9. The smallest absolute Gasteiger partial charge is 0.243 e. The zero-order chi connectivity index (χ0) is 20.0. The van der Waals surface area contributed by atoms with Crippen LogP contribution < -0.4 is 5.32 Å². The summed E-state index contributed by atoms with van der Waals surface area (Å²) >= 11 is 1.70. The first kappa shape index (κ1) is 21.0. The quantitative estimate of drug-likeness (QED) is 0.675. The Morgan fingerprint density at radius 3 is 2.50 bits per heavy atom. The topological polar surface area (TPSA) is 66.5 Å². The van der Waals surface area contributed by atoms with Gasteiger partial charge in [-0.2, -0.15) is 4.31 Å². The summed E-state index contributed by atoms with van der Waals surface area (Å²) in [5.74, 6) is -0.0495. The summed E-state index contributed by atoms with van der Waals surface area (Å²) in [7, 11) is -1.83. The molecule has 1 fully saturated rings. The van der Waals surface area contributed by atoms with Gasteiger partial charge in [0.2, 0.25) is 15.9 Å². The lowest BCUT2D eigenvalue weighted by Crippen LogP contribution is -2.38. The van der Waals surface area contributed by atoms with Crippen LogP contribution in [-0.2, 0) is 21.2 Å². The van der Waals surface area contributed by atoms with Crippen molar-refractivity contribution < 1.29 is 13.2 Å². The van der Waals surface area contributed by atoms with Gasteiger partial charge in [0.1, 0.15) is 0 Å². The molecule has 152 valence electrons. The minimum atomic E-state index is -3.50. The molecule has 0 spiro atoms.